The molecule has 3 nitrogen and oxygen atoms in total. The van der Waals surface area contributed by atoms with Gasteiger partial charge in [0, 0.05) is 0 Å². The van der Waals surface area contributed by atoms with E-state index >= 15 is 0 Å². The minimum atomic E-state index is -0.813. The summed E-state index contributed by atoms with van der Waals surface area (Å²) in [4.78, 5) is 11.7. The summed E-state index contributed by atoms with van der Waals surface area (Å²) in [5.41, 5.74) is 4.09. The lowest BCUT2D eigenvalue weighted by Crippen LogP contribution is -2.14. The molecule has 0 aliphatic heterocycles. The van der Waals surface area contributed by atoms with Crippen LogP contribution in [0.2, 0.25) is 0 Å². The average molecular weight is 346 g/mol. The van der Waals surface area contributed by atoms with Gasteiger partial charge < -0.3 is 9.84 Å². The SMILES string of the molecule is Cc1cccc(Oc2ccc(CC(C(=O)O)c3ccccc3)cc2)c1C. The average Bonchev–Trinajstić information content (AvgIpc) is 2.65. The Hall–Kier alpha value is -3.07. The standard InChI is InChI=1S/C23H22O3/c1-16-7-6-10-22(17(16)2)26-20-13-11-18(12-14-20)15-21(23(24)25)19-8-4-3-5-9-19/h3-14,21H,15H2,1-2H3,(H,24,25). The molecule has 1 N–H and O–H groups in total. The van der Waals surface area contributed by atoms with Crippen molar-refractivity contribution < 1.29 is 14.6 Å². The van der Waals surface area contributed by atoms with E-state index in [0.29, 0.717) is 6.42 Å². The van der Waals surface area contributed by atoms with Crippen molar-refractivity contribution in [1.82, 2.24) is 0 Å². The fraction of sp³-hybridized carbons (Fsp3) is 0.174. The maximum Gasteiger partial charge on any atom is 0.311 e. The fourth-order valence-corrected chi connectivity index (χ4v) is 2.92. The van der Waals surface area contributed by atoms with Gasteiger partial charge in [0.25, 0.3) is 0 Å². The molecule has 3 heteroatoms. The third kappa shape index (κ3) is 4.12. The van der Waals surface area contributed by atoms with Gasteiger partial charge in [-0.3, -0.25) is 4.79 Å². The van der Waals surface area contributed by atoms with E-state index in [2.05, 4.69) is 13.0 Å². The van der Waals surface area contributed by atoms with Gasteiger partial charge in [0.15, 0.2) is 0 Å². The molecule has 0 fully saturated rings. The summed E-state index contributed by atoms with van der Waals surface area (Å²) in [5, 5.41) is 9.57. The Balaban J connectivity index is 1.75. The number of carboxylic acids is 1. The van der Waals surface area contributed by atoms with Crippen molar-refractivity contribution in [1.29, 1.82) is 0 Å². The number of aryl methyl sites for hydroxylation is 1. The Bertz CT molecular complexity index is 883. The second-order valence-corrected chi connectivity index (χ2v) is 6.45. The first-order valence-electron chi connectivity index (χ1n) is 8.65. The van der Waals surface area contributed by atoms with E-state index in [4.69, 9.17) is 4.74 Å². The number of benzene rings is 3. The lowest BCUT2D eigenvalue weighted by Gasteiger charge is -2.14. The number of carboxylic acid groups (broad SMARTS) is 1. The van der Waals surface area contributed by atoms with Gasteiger partial charge in [-0.05, 0) is 60.7 Å². The van der Waals surface area contributed by atoms with Crippen LogP contribution in [-0.2, 0) is 11.2 Å². The molecule has 0 heterocycles. The van der Waals surface area contributed by atoms with Gasteiger partial charge >= 0.3 is 5.97 Å². The maximum atomic E-state index is 11.7. The van der Waals surface area contributed by atoms with Gasteiger partial charge in [0.2, 0.25) is 0 Å². The minimum absolute atomic E-state index is 0.448. The van der Waals surface area contributed by atoms with Crippen molar-refractivity contribution in [2.45, 2.75) is 26.2 Å². The molecule has 0 bridgehead atoms. The van der Waals surface area contributed by atoms with Crippen molar-refractivity contribution in [3.05, 3.63) is 95.1 Å². The minimum Gasteiger partial charge on any atom is -0.481 e. The smallest absolute Gasteiger partial charge is 0.311 e. The fourth-order valence-electron chi connectivity index (χ4n) is 2.92. The molecule has 0 saturated heterocycles. The first kappa shape index (κ1) is 17.7. The molecular weight excluding hydrogens is 324 g/mol. The van der Waals surface area contributed by atoms with Crippen LogP contribution in [0.4, 0.5) is 0 Å². The van der Waals surface area contributed by atoms with Crippen molar-refractivity contribution in [2.75, 3.05) is 0 Å². The van der Waals surface area contributed by atoms with E-state index in [0.717, 1.165) is 28.2 Å². The first-order valence-corrected chi connectivity index (χ1v) is 8.65. The Morgan fingerprint density at radius 1 is 0.923 bits per heavy atom. The molecule has 0 aliphatic rings. The van der Waals surface area contributed by atoms with Gasteiger partial charge in [0.05, 0.1) is 5.92 Å². The van der Waals surface area contributed by atoms with Crippen molar-refractivity contribution in [2.24, 2.45) is 0 Å². The molecule has 0 amide bonds. The summed E-state index contributed by atoms with van der Waals surface area (Å²) in [6.45, 7) is 4.09. The topological polar surface area (TPSA) is 46.5 Å². The number of aliphatic carboxylic acids is 1. The lowest BCUT2D eigenvalue weighted by molar-refractivity contribution is -0.138. The maximum absolute atomic E-state index is 11.7. The molecule has 0 spiro atoms. The van der Waals surface area contributed by atoms with Crippen molar-refractivity contribution >= 4 is 5.97 Å². The Labute approximate surface area is 153 Å². The van der Waals surface area contributed by atoms with Crippen LogP contribution in [0.15, 0.2) is 72.8 Å². The second-order valence-electron chi connectivity index (χ2n) is 6.45. The van der Waals surface area contributed by atoms with Crippen LogP contribution in [0.5, 0.6) is 11.5 Å². The quantitative estimate of drug-likeness (QED) is 0.640. The third-order valence-corrected chi connectivity index (χ3v) is 4.65. The second kappa shape index (κ2) is 7.87. The summed E-state index contributed by atoms with van der Waals surface area (Å²) < 4.78 is 5.97. The van der Waals surface area contributed by atoms with Crippen LogP contribution in [0, 0.1) is 13.8 Å². The summed E-state index contributed by atoms with van der Waals surface area (Å²) >= 11 is 0. The van der Waals surface area contributed by atoms with E-state index in [1.54, 1.807) is 0 Å². The monoisotopic (exact) mass is 346 g/mol. The highest BCUT2D eigenvalue weighted by molar-refractivity contribution is 5.76. The van der Waals surface area contributed by atoms with Crippen LogP contribution >= 0.6 is 0 Å². The van der Waals surface area contributed by atoms with Crippen LogP contribution in [0.3, 0.4) is 0 Å². The molecule has 26 heavy (non-hydrogen) atoms. The van der Waals surface area contributed by atoms with Crippen LogP contribution in [0.25, 0.3) is 0 Å². The van der Waals surface area contributed by atoms with Gasteiger partial charge in [-0.25, -0.2) is 0 Å². The zero-order valence-corrected chi connectivity index (χ0v) is 15.0. The first-order chi connectivity index (χ1) is 12.5. The zero-order valence-electron chi connectivity index (χ0n) is 15.0. The van der Waals surface area contributed by atoms with Gasteiger partial charge in [-0.2, -0.15) is 0 Å². The summed E-state index contributed by atoms with van der Waals surface area (Å²) in [6, 6.07) is 23.0. The van der Waals surface area contributed by atoms with E-state index in [9.17, 15) is 9.90 Å². The summed E-state index contributed by atoms with van der Waals surface area (Å²) in [7, 11) is 0. The van der Waals surface area contributed by atoms with Gasteiger partial charge in [-0.1, -0.05) is 54.6 Å². The molecule has 3 aromatic rings. The van der Waals surface area contributed by atoms with E-state index in [-0.39, 0.29) is 0 Å². The highest BCUT2D eigenvalue weighted by Crippen LogP contribution is 2.28. The number of hydrogen-bond acceptors (Lipinski definition) is 2. The summed E-state index contributed by atoms with van der Waals surface area (Å²) in [5.74, 6) is 0.216. The van der Waals surface area contributed by atoms with Gasteiger partial charge in [0.1, 0.15) is 11.5 Å². The number of carbonyl (C=O) groups is 1. The lowest BCUT2D eigenvalue weighted by atomic mass is 9.92. The van der Waals surface area contributed by atoms with Crippen LogP contribution in [-0.4, -0.2) is 11.1 Å². The molecule has 3 rings (SSSR count). The number of hydrogen-bond donors (Lipinski definition) is 1. The summed E-state index contributed by atoms with van der Waals surface area (Å²) in [6.07, 6.45) is 0.448. The predicted molar refractivity (Wildman–Crippen MR) is 103 cm³/mol. The Kier molecular flexibility index (Phi) is 5.37. The Morgan fingerprint density at radius 2 is 1.62 bits per heavy atom. The zero-order chi connectivity index (χ0) is 18.5. The predicted octanol–water partition coefficient (Wildman–Crippen LogP) is 5.51. The van der Waals surface area contributed by atoms with E-state index in [1.165, 1.54) is 5.56 Å². The molecule has 0 saturated carbocycles. The normalized spacial score (nSPS) is 11.8. The van der Waals surface area contributed by atoms with Crippen molar-refractivity contribution in [3.63, 3.8) is 0 Å². The van der Waals surface area contributed by atoms with Crippen LogP contribution in [0.1, 0.15) is 28.2 Å². The number of rotatable bonds is 6. The molecule has 3 aromatic carbocycles. The van der Waals surface area contributed by atoms with Crippen LogP contribution < -0.4 is 4.74 Å². The number of ether oxygens (including phenoxy) is 1. The third-order valence-electron chi connectivity index (χ3n) is 4.65. The molecule has 0 aromatic heterocycles. The van der Waals surface area contributed by atoms with Crippen molar-refractivity contribution in [3.8, 4) is 11.5 Å². The largest absolute Gasteiger partial charge is 0.481 e. The molecule has 0 radical (unpaired) electrons. The molecule has 1 atom stereocenters. The molecular formula is C23H22O3. The highest BCUT2D eigenvalue weighted by atomic mass is 16.5. The highest BCUT2D eigenvalue weighted by Gasteiger charge is 2.20. The van der Waals surface area contributed by atoms with E-state index < -0.39 is 11.9 Å². The molecule has 132 valence electrons. The Morgan fingerprint density at radius 3 is 2.27 bits per heavy atom. The molecule has 1 unspecified atom stereocenters. The van der Waals surface area contributed by atoms with Gasteiger partial charge in [-0.15, -0.1) is 0 Å². The molecule has 0 aliphatic carbocycles. The van der Waals surface area contributed by atoms with E-state index in [1.807, 2.05) is 73.7 Å².